The van der Waals surface area contributed by atoms with Crippen molar-refractivity contribution < 1.29 is 14.3 Å². The van der Waals surface area contributed by atoms with E-state index in [1.54, 1.807) is 42.5 Å². The minimum absolute atomic E-state index is 0.252. The second kappa shape index (κ2) is 6.60. The fourth-order valence-corrected chi connectivity index (χ4v) is 2.74. The molecule has 128 valence electrons. The van der Waals surface area contributed by atoms with Crippen molar-refractivity contribution in [1.29, 1.82) is 0 Å². The van der Waals surface area contributed by atoms with Gasteiger partial charge in [0.15, 0.2) is 0 Å². The normalized spacial score (nSPS) is 11.9. The Labute approximate surface area is 149 Å². The molecule has 3 N–H and O–H groups in total. The third kappa shape index (κ3) is 3.08. The Morgan fingerprint density at radius 2 is 1.50 bits per heavy atom. The van der Waals surface area contributed by atoms with Gasteiger partial charge in [-0.3, -0.25) is 10.1 Å². The van der Waals surface area contributed by atoms with E-state index in [1.807, 2.05) is 30.3 Å². The van der Waals surface area contributed by atoms with Crippen LogP contribution in [0, 0.1) is 0 Å². The van der Waals surface area contributed by atoms with Crippen molar-refractivity contribution in [3.05, 3.63) is 78.4 Å². The molecule has 0 radical (unpaired) electrons. The highest BCUT2D eigenvalue weighted by Crippen LogP contribution is 2.36. The molecule has 1 heterocycles. The third-order valence-corrected chi connectivity index (χ3v) is 3.93. The lowest BCUT2D eigenvalue weighted by Crippen LogP contribution is -2.18. The molecule has 3 aromatic rings. The molecular formula is C20H15N3O3. The van der Waals surface area contributed by atoms with Gasteiger partial charge >= 0.3 is 6.09 Å². The number of amides is 2. The number of carbonyl (C=O) groups excluding carboxylic acids is 2. The zero-order chi connectivity index (χ0) is 17.9. The first kappa shape index (κ1) is 15.7. The van der Waals surface area contributed by atoms with Crippen LogP contribution in [0.25, 0.3) is 0 Å². The summed E-state index contributed by atoms with van der Waals surface area (Å²) in [4.78, 5) is 24.7. The topological polar surface area (TPSA) is 79.5 Å². The van der Waals surface area contributed by atoms with Crippen molar-refractivity contribution in [3.8, 4) is 5.75 Å². The molecule has 1 aliphatic rings. The van der Waals surface area contributed by atoms with Crippen molar-refractivity contribution in [2.75, 3.05) is 16.0 Å². The van der Waals surface area contributed by atoms with Crippen molar-refractivity contribution in [2.24, 2.45) is 0 Å². The molecule has 4 rings (SSSR count). The van der Waals surface area contributed by atoms with Gasteiger partial charge in [0.25, 0.3) is 5.91 Å². The van der Waals surface area contributed by atoms with Crippen LogP contribution in [-0.4, -0.2) is 12.0 Å². The van der Waals surface area contributed by atoms with Gasteiger partial charge in [0.1, 0.15) is 5.75 Å². The molecule has 0 aromatic heterocycles. The second-order valence-electron chi connectivity index (χ2n) is 5.68. The first-order valence-corrected chi connectivity index (χ1v) is 8.05. The molecular weight excluding hydrogens is 330 g/mol. The molecule has 0 bridgehead atoms. The number of rotatable bonds is 2. The molecule has 6 nitrogen and oxygen atoms in total. The first-order valence-electron chi connectivity index (χ1n) is 8.05. The average molecular weight is 345 g/mol. The summed E-state index contributed by atoms with van der Waals surface area (Å²) in [7, 11) is 0. The number of nitrogens with one attached hydrogen (secondary N) is 3. The maximum atomic E-state index is 12.5. The number of benzene rings is 3. The monoisotopic (exact) mass is 345 g/mol. The minimum atomic E-state index is -0.635. The second-order valence-corrected chi connectivity index (χ2v) is 5.68. The van der Waals surface area contributed by atoms with Crippen LogP contribution in [0.15, 0.2) is 72.8 Å². The van der Waals surface area contributed by atoms with Crippen molar-refractivity contribution in [1.82, 2.24) is 0 Å². The summed E-state index contributed by atoms with van der Waals surface area (Å²) < 4.78 is 5.26. The van der Waals surface area contributed by atoms with E-state index in [0.717, 1.165) is 5.69 Å². The molecule has 2 amide bonds. The molecule has 6 heteroatoms. The molecule has 0 saturated carbocycles. The standard InChI is InChI=1S/C20H15N3O3/c24-19-14-9-6-12-17(23-20(25)26-13-7-2-1-3-8-13)18(14)21-15-10-4-5-11-16(15)22-19/h1-12,21H,(H,22,24)(H,23,25). The molecule has 26 heavy (non-hydrogen) atoms. The van der Waals surface area contributed by atoms with Gasteiger partial charge in [0.2, 0.25) is 0 Å². The maximum Gasteiger partial charge on any atom is 0.417 e. The van der Waals surface area contributed by atoms with Crippen molar-refractivity contribution in [3.63, 3.8) is 0 Å². The molecule has 0 unspecified atom stereocenters. The number of hydrogen-bond donors (Lipinski definition) is 3. The Morgan fingerprint density at radius 1 is 0.808 bits per heavy atom. The fraction of sp³-hybridized carbons (Fsp3) is 0. The van der Waals surface area contributed by atoms with E-state index in [1.165, 1.54) is 0 Å². The number of carbonyl (C=O) groups is 2. The fourth-order valence-electron chi connectivity index (χ4n) is 2.74. The predicted molar refractivity (Wildman–Crippen MR) is 100 cm³/mol. The quantitative estimate of drug-likeness (QED) is 0.634. The van der Waals surface area contributed by atoms with Crippen molar-refractivity contribution in [2.45, 2.75) is 0 Å². The molecule has 0 saturated heterocycles. The van der Waals surface area contributed by atoms with E-state index in [0.29, 0.717) is 28.4 Å². The lowest BCUT2D eigenvalue weighted by molar-refractivity contribution is 0.102. The van der Waals surface area contributed by atoms with Gasteiger partial charge < -0.3 is 15.4 Å². The minimum Gasteiger partial charge on any atom is -0.410 e. The van der Waals surface area contributed by atoms with Crippen molar-refractivity contribution >= 4 is 34.7 Å². The molecule has 1 aliphatic heterocycles. The zero-order valence-electron chi connectivity index (χ0n) is 13.7. The highest BCUT2D eigenvalue weighted by Gasteiger charge is 2.22. The number of para-hydroxylation sites is 4. The SMILES string of the molecule is O=C(Nc1cccc2c1Nc1ccccc1NC2=O)Oc1ccccc1. The Kier molecular flexibility index (Phi) is 3.99. The molecule has 3 aromatic carbocycles. The van der Waals surface area contributed by atoms with Crippen LogP contribution in [0.5, 0.6) is 5.75 Å². The molecule has 0 fully saturated rings. The van der Waals surface area contributed by atoms with Crippen LogP contribution in [0.1, 0.15) is 10.4 Å². The lowest BCUT2D eigenvalue weighted by atomic mass is 10.1. The summed E-state index contributed by atoms with van der Waals surface area (Å²) in [6, 6.07) is 21.2. The van der Waals surface area contributed by atoms with E-state index in [2.05, 4.69) is 16.0 Å². The largest absolute Gasteiger partial charge is 0.417 e. The van der Waals surface area contributed by atoms with Gasteiger partial charge in [-0.05, 0) is 36.4 Å². The van der Waals surface area contributed by atoms with Crippen LogP contribution in [0.2, 0.25) is 0 Å². The summed E-state index contributed by atoms with van der Waals surface area (Å²) >= 11 is 0. The summed E-state index contributed by atoms with van der Waals surface area (Å²) in [5.41, 5.74) is 2.81. The van der Waals surface area contributed by atoms with Crippen LogP contribution in [0.3, 0.4) is 0 Å². The third-order valence-electron chi connectivity index (χ3n) is 3.93. The summed E-state index contributed by atoms with van der Waals surface area (Å²) in [6.45, 7) is 0. The highest BCUT2D eigenvalue weighted by atomic mass is 16.6. The number of hydrogen-bond acceptors (Lipinski definition) is 4. The summed E-state index contributed by atoms with van der Waals surface area (Å²) in [6.07, 6.45) is -0.635. The zero-order valence-corrected chi connectivity index (χ0v) is 13.7. The Balaban J connectivity index is 1.64. The molecule has 0 atom stereocenters. The van der Waals surface area contributed by atoms with Crippen LogP contribution < -0.4 is 20.7 Å². The predicted octanol–water partition coefficient (Wildman–Crippen LogP) is 4.61. The van der Waals surface area contributed by atoms with E-state index < -0.39 is 6.09 Å². The van der Waals surface area contributed by atoms with Crippen LogP contribution in [-0.2, 0) is 0 Å². The van der Waals surface area contributed by atoms with Crippen LogP contribution in [0.4, 0.5) is 27.5 Å². The van der Waals surface area contributed by atoms with Gasteiger partial charge in [0.05, 0.1) is 28.3 Å². The Bertz CT molecular complexity index is 987. The van der Waals surface area contributed by atoms with Crippen LogP contribution >= 0.6 is 0 Å². The average Bonchev–Trinajstić information content (AvgIpc) is 2.79. The lowest BCUT2D eigenvalue weighted by Gasteiger charge is -2.14. The number of fused-ring (bicyclic) bond motifs is 2. The van der Waals surface area contributed by atoms with E-state index >= 15 is 0 Å². The van der Waals surface area contributed by atoms with Gasteiger partial charge in [-0.15, -0.1) is 0 Å². The summed E-state index contributed by atoms with van der Waals surface area (Å²) in [5, 5.41) is 8.77. The Hall–Kier alpha value is -3.80. The number of anilines is 4. The van der Waals surface area contributed by atoms with E-state index in [4.69, 9.17) is 4.74 Å². The van der Waals surface area contributed by atoms with Gasteiger partial charge in [-0.25, -0.2) is 4.79 Å². The van der Waals surface area contributed by atoms with Gasteiger partial charge in [0, 0.05) is 0 Å². The highest BCUT2D eigenvalue weighted by molar-refractivity contribution is 6.14. The van der Waals surface area contributed by atoms with Gasteiger partial charge in [-0.1, -0.05) is 36.4 Å². The maximum absolute atomic E-state index is 12.5. The van der Waals surface area contributed by atoms with E-state index in [-0.39, 0.29) is 5.91 Å². The Morgan fingerprint density at radius 3 is 2.27 bits per heavy atom. The first-order chi connectivity index (χ1) is 12.7. The number of ether oxygens (including phenoxy) is 1. The summed E-state index contributed by atoms with van der Waals surface area (Å²) in [5.74, 6) is 0.181. The van der Waals surface area contributed by atoms with Gasteiger partial charge in [-0.2, -0.15) is 0 Å². The molecule has 0 aliphatic carbocycles. The molecule has 0 spiro atoms. The van der Waals surface area contributed by atoms with E-state index in [9.17, 15) is 9.59 Å². The smallest absolute Gasteiger partial charge is 0.410 e.